The molecule has 3 aromatic rings. The number of rotatable bonds is 1. The zero-order valence-corrected chi connectivity index (χ0v) is 8.27. The summed E-state index contributed by atoms with van der Waals surface area (Å²) in [6.45, 7) is 0.0797. The van der Waals surface area contributed by atoms with Crippen LogP contribution < -0.4 is 0 Å². The van der Waals surface area contributed by atoms with E-state index in [4.69, 9.17) is 5.11 Å². The van der Waals surface area contributed by atoms with E-state index < -0.39 is 0 Å². The number of thiophene rings is 1. The number of nitrogens with one attached hydrogen (secondary N) is 1. The summed E-state index contributed by atoms with van der Waals surface area (Å²) < 4.78 is 2.45. The molecule has 0 bridgehead atoms. The Balaban J connectivity index is 2.51. The molecule has 2 heterocycles. The number of aromatic nitrogens is 1. The molecule has 3 heteroatoms. The maximum absolute atomic E-state index is 9.13. The summed E-state index contributed by atoms with van der Waals surface area (Å²) >= 11 is 1.73. The quantitative estimate of drug-likeness (QED) is 0.626. The third-order valence-electron chi connectivity index (χ3n) is 2.46. The maximum atomic E-state index is 9.13. The summed E-state index contributed by atoms with van der Waals surface area (Å²) in [5.41, 5.74) is 0.918. The SMILES string of the molecule is OCc1[nH]cc2c1sc1ccccc12. The van der Waals surface area contributed by atoms with E-state index in [1.165, 1.54) is 20.2 Å². The molecule has 0 radical (unpaired) electrons. The third-order valence-corrected chi connectivity index (χ3v) is 3.70. The average molecular weight is 203 g/mol. The molecule has 2 aromatic heterocycles. The Hall–Kier alpha value is -1.32. The van der Waals surface area contributed by atoms with Crippen LogP contribution >= 0.6 is 11.3 Å². The van der Waals surface area contributed by atoms with Crippen molar-refractivity contribution < 1.29 is 5.11 Å². The topological polar surface area (TPSA) is 36.0 Å². The van der Waals surface area contributed by atoms with Gasteiger partial charge in [0.15, 0.2) is 0 Å². The second kappa shape index (κ2) is 2.83. The van der Waals surface area contributed by atoms with Crippen LogP contribution in [-0.4, -0.2) is 10.1 Å². The van der Waals surface area contributed by atoms with Crippen molar-refractivity contribution in [2.75, 3.05) is 0 Å². The Morgan fingerprint density at radius 1 is 1.21 bits per heavy atom. The molecule has 0 spiro atoms. The number of benzene rings is 1. The van der Waals surface area contributed by atoms with Crippen LogP contribution in [0.25, 0.3) is 20.2 Å². The molecule has 0 saturated carbocycles. The molecule has 0 aliphatic heterocycles. The van der Waals surface area contributed by atoms with E-state index in [0.717, 1.165) is 5.69 Å². The molecule has 0 aliphatic rings. The van der Waals surface area contributed by atoms with Crippen molar-refractivity contribution in [3.8, 4) is 0 Å². The molecule has 0 atom stereocenters. The second-order valence-electron chi connectivity index (χ2n) is 3.27. The number of fused-ring (bicyclic) bond motifs is 3. The van der Waals surface area contributed by atoms with Crippen molar-refractivity contribution in [1.29, 1.82) is 0 Å². The van der Waals surface area contributed by atoms with Gasteiger partial charge in [0.05, 0.1) is 17.0 Å². The first-order valence-corrected chi connectivity index (χ1v) is 5.30. The van der Waals surface area contributed by atoms with Crippen LogP contribution in [0.5, 0.6) is 0 Å². The van der Waals surface area contributed by atoms with Crippen molar-refractivity contribution in [3.05, 3.63) is 36.2 Å². The third kappa shape index (κ3) is 0.937. The van der Waals surface area contributed by atoms with Gasteiger partial charge in [0, 0.05) is 21.7 Å². The van der Waals surface area contributed by atoms with Gasteiger partial charge in [-0.25, -0.2) is 0 Å². The predicted molar refractivity (Wildman–Crippen MR) is 59.6 cm³/mol. The minimum atomic E-state index is 0.0797. The molecule has 14 heavy (non-hydrogen) atoms. The number of aliphatic hydroxyl groups is 1. The fraction of sp³-hybridized carbons (Fsp3) is 0.0909. The molecule has 2 N–H and O–H groups in total. The molecule has 1 aromatic carbocycles. The van der Waals surface area contributed by atoms with E-state index in [-0.39, 0.29) is 6.61 Å². The lowest BCUT2D eigenvalue weighted by atomic mass is 10.2. The van der Waals surface area contributed by atoms with Crippen molar-refractivity contribution in [2.45, 2.75) is 6.61 Å². The van der Waals surface area contributed by atoms with Gasteiger partial charge in [-0.3, -0.25) is 0 Å². The molecule has 2 nitrogen and oxygen atoms in total. The van der Waals surface area contributed by atoms with Crippen LogP contribution in [0.1, 0.15) is 5.69 Å². The number of hydrogen-bond donors (Lipinski definition) is 2. The van der Waals surface area contributed by atoms with E-state index in [0.29, 0.717) is 0 Å². The lowest BCUT2D eigenvalue weighted by molar-refractivity contribution is 0.279. The standard InChI is InChI=1S/C11H9NOS/c13-6-9-11-8(5-12-9)7-3-1-2-4-10(7)14-11/h1-5,12-13H,6H2. The van der Waals surface area contributed by atoms with Crippen molar-refractivity contribution in [2.24, 2.45) is 0 Å². The van der Waals surface area contributed by atoms with Gasteiger partial charge in [-0.2, -0.15) is 0 Å². The molecule has 0 amide bonds. The lowest BCUT2D eigenvalue weighted by Crippen LogP contribution is -1.79. The molecule has 3 rings (SSSR count). The lowest BCUT2D eigenvalue weighted by Gasteiger charge is -1.87. The zero-order valence-electron chi connectivity index (χ0n) is 7.45. The van der Waals surface area contributed by atoms with E-state index in [9.17, 15) is 0 Å². The predicted octanol–water partition coefficient (Wildman–Crippen LogP) is 2.87. The monoisotopic (exact) mass is 203 g/mol. The van der Waals surface area contributed by atoms with Crippen LogP contribution in [0.3, 0.4) is 0 Å². The molecule has 70 valence electrons. The second-order valence-corrected chi connectivity index (χ2v) is 4.32. The highest BCUT2D eigenvalue weighted by Crippen LogP contribution is 2.35. The highest BCUT2D eigenvalue weighted by molar-refractivity contribution is 7.26. The highest BCUT2D eigenvalue weighted by atomic mass is 32.1. The van der Waals surface area contributed by atoms with Gasteiger partial charge >= 0.3 is 0 Å². The molecule has 0 fully saturated rings. The van der Waals surface area contributed by atoms with E-state index in [1.807, 2.05) is 18.3 Å². The summed E-state index contributed by atoms with van der Waals surface area (Å²) in [5, 5.41) is 11.6. The summed E-state index contributed by atoms with van der Waals surface area (Å²) in [7, 11) is 0. The molecular weight excluding hydrogens is 194 g/mol. The Bertz CT molecular complexity index is 593. The fourth-order valence-electron chi connectivity index (χ4n) is 1.78. The summed E-state index contributed by atoms with van der Waals surface area (Å²) in [5.74, 6) is 0. The number of H-pyrrole nitrogens is 1. The van der Waals surface area contributed by atoms with Crippen LogP contribution in [0.4, 0.5) is 0 Å². The van der Waals surface area contributed by atoms with Gasteiger partial charge in [-0.05, 0) is 6.07 Å². The van der Waals surface area contributed by atoms with E-state index in [2.05, 4.69) is 17.1 Å². The first kappa shape index (κ1) is 8.03. The Labute approximate surface area is 84.8 Å². The molecule has 0 aliphatic carbocycles. The van der Waals surface area contributed by atoms with Gasteiger partial charge < -0.3 is 10.1 Å². The zero-order chi connectivity index (χ0) is 9.54. The Kier molecular flexibility index (Phi) is 1.63. The number of aliphatic hydroxyl groups excluding tert-OH is 1. The van der Waals surface area contributed by atoms with Gasteiger partial charge in [0.25, 0.3) is 0 Å². The smallest absolute Gasteiger partial charge is 0.0845 e. The largest absolute Gasteiger partial charge is 0.390 e. The summed E-state index contributed by atoms with van der Waals surface area (Å²) in [6, 6.07) is 8.31. The average Bonchev–Trinajstić information content (AvgIpc) is 2.75. The minimum absolute atomic E-state index is 0.0797. The van der Waals surface area contributed by atoms with E-state index in [1.54, 1.807) is 11.3 Å². The maximum Gasteiger partial charge on any atom is 0.0845 e. The fourth-order valence-corrected chi connectivity index (χ4v) is 2.96. The van der Waals surface area contributed by atoms with Gasteiger partial charge in [0.1, 0.15) is 0 Å². The normalized spacial score (nSPS) is 11.5. The first-order chi connectivity index (χ1) is 6.90. The van der Waals surface area contributed by atoms with Gasteiger partial charge in [-0.1, -0.05) is 18.2 Å². The summed E-state index contributed by atoms with van der Waals surface area (Å²) in [4.78, 5) is 3.10. The van der Waals surface area contributed by atoms with Crippen LogP contribution in [0.15, 0.2) is 30.5 Å². The van der Waals surface area contributed by atoms with Crippen molar-refractivity contribution in [3.63, 3.8) is 0 Å². The van der Waals surface area contributed by atoms with Crippen LogP contribution in [0, 0.1) is 0 Å². The van der Waals surface area contributed by atoms with Crippen molar-refractivity contribution >= 4 is 31.5 Å². The molecule has 0 saturated heterocycles. The number of aromatic amines is 1. The van der Waals surface area contributed by atoms with Gasteiger partial charge in [-0.15, -0.1) is 11.3 Å². The van der Waals surface area contributed by atoms with Crippen LogP contribution in [0.2, 0.25) is 0 Å². The first-order valence-electron chi connectivity index (χ1n) is 4.48. The summed E-state index contributed by atoms with van der Waals surface area (Å²) in [6.07, 6.45) is 1.97. The Morgan fingerprint density at radius 3 is 2.93 bits per heavy atom. The minimum Gasteiger partial charge on any atom is -0.390 e. The highest BCUT2D eigenvalue weighted by Gasteiger charge is 2.08. The van der Waals surface area contributed by atoms with Crippen molar-refractivity contribution in [1.82, 2.24) is 4.98 Å². The van der Waals surface area contributed by atoms with Crippen LogP contribution in [-0.2, 0) is 6.61 Å². The Morgan fingerprint density at radius 2 is 2.07 bits per heavy atom. The van der Waals surface area contributed by atoms with Gasteiger partial charge in [0.2, 0.25) is 0 Å². The number of hydrogen-bond acceptors (Lipinski definition) is 2. The molecule has 0 unspecified atom stereocenters. The molecular formula is C11H9NOS. The van der Waals surface area contributed by atoms with E-state index >= 15 is 0 Å².